The molecule has 0 aromatic heterocycles. The van der Waals surface area contributed by atoms with E-state index in [2.05, 4.69) is 5.16 Å². The van der Waals surface area contributed by atoms with Gasteiger partial charge in [-0.3, -0.25) is 0 Å². The number of oxime groups is 1. The van der Waals surface area contributed by atoms with Crippen LogP contribution in [-0.2, 0) is 0 Å². The lowest BCUT2D eigenvalue weighted by molar-refractivity contribution is 0.321. The Balaban J connectivity index is 3.32. The van der Waals surface area contributed by atoms with Gasteiger partial charge in [0.25, 0.3) is 0 Å². The maximum absolute atomic E-state index is 12.6. The molecule has 12 heavy (non-hydrogen) atoms. The molecule has 0 unspecified atom stereocenters. The molecule has 0 bridgehead atoms. The Labute approximate surface area is 65.9 Å². The predicted octanol–water partition coefficient (Wildman–Crippen LogP) is 1.91. The van der Waals surface area contributed by atoms with E-state index >= 15 is 0 Å². The number of rotatable bonds is 1. The molecule has 0 radical (unpaired) electrons. The van der Waals surface area contributed by atoms with Crippen LogP contribution in [0.3, 0.4) is 0 Å². The van der Waals surface area contributed by atoms with Crippen molar-refractivity contribution in [3.63, 3.8) is 0 Å². The van der Waals surface area contributed by atoms with Crippen LogP contribution in [0.4, 0.5) is 13.2 Å². The third kappa shape index (κ3) is 1.39. The van der Waals surface area contributed by atoms with E-state index in [4.69, 9.17) is 5.21 Å². The highest BCUT2D eigenvalue weighted by atomic mass is 19.2. The molecule has 1 N–H and O–H groups in total. The second-order valence-corrected chi connectivity index (χ2v) is 2.00. The molecule has 0 aliphatic carbocycles. The van der Waals surface area contributed by atoms with Gasteiger partial charge < -0.3 is 5.21 Å². The Morgan fingerprint density at radius 3 is 2.33 bits per heavy atom. The fraction of sp³-hybridized carbons (Fsp3) is 0. The molecular formula is C7H4F3NO. The van der Waals surface area contributed by atoms with Gasteiger partial charge in [0, 0.05) is 0 Å². The Kier molecular flexibility index (Phi) is 2.32. The Morgan fingerprint density at radius 2 is 1.75 bits per heavy atom. The predicted molar refractivity (Wildman–Crippen MR) is 35.7 cm³/mol. The smallest absolute Gasteiger partial charge is 0.170 e. The van der Waals surface area contributed by atoms with Crippen molar-refractivity contribution >= 4 is 6.21 Å². The summed E-state index contributed by atoms with van der Waals surface area (Å²) in [6.45, 7) is 0. The largest absolute Gasteiger partial charge is 0.411 e. The third-order valence-corrected chi connectivity index (χ3v) is 1.27. The molecule has 2 nitrogen and oxygen atoms in total. The van der Waals surface area contributed by atoms with Crippen LogP contribution in [0, 0.1) is 17.5 Å². The van der Waals surface area contributed by atoms with E-state index in [-0.39, 0.29) is 0 Å². The van der Waals surface area contributed by atoms with E-state index in [9.17, 15) is 13.2 Å². The summed E-state index contributed by atoms with van der Waals surface area (Å²) in [5, 5.41) is 10.4. The summed E-state index contributed by atoms with van der Waals surface area (Å²) < 4.78 is 37.6. The second-order valence-electron chi connectivity index (χ2n) is 2.00. The van der Waals surface area contributed by atoms with E-state index in [0.29, 0.717) is 12.3 Å². The van der Waals surface area contributed by atoms with E-state index < -0.39 is 23.0 Å². The lowest BCUT2D eigenvalue weighted by Crippen LogP contribution is -1.97. The number of benzene rings is 1. The number of hydrogen-bond donors (Lipinski definition) is 1. The average Bonchev–Trinajstić information content (AvgIpc) is 2.06. The Morgan fingerprint density at radius 1 is 1.17 bits per heavy atom. The normalized spacial score (nSPS) is 10.9. The molecule has 0 spiro atoms. The van der Waals surface area contributed by atoms with Gasteiger partial charge in [-0.2, -0.15) is 0 Å². The highest BCUT2D eigenvalue weighted by Crippen LogP contribution is 2.13. The van der Waals surface area contributed by atoms with Gasteiger partial charge in [0.1, 0.15) is 5.82 Å². The quantitative estimate of drug-likeness (QED) is 0.300. The van der Waals surface area contributed by atoms with E-state index in [0.717, 1.165) is 6.07 Å². The second kappa shape index (κ2) is 3.25. The highest BCUT2D eigenvalue weighted by molar-refractivity contribution is 5.79. The van der Waals surface area contributed by atoms with Crippen molar-refractivity contribution in [2.75, 3.05) is 0 Å². The van der Waals surface area contributed by atoms with Crippen molar-refractivity contribution in [1.29, 1.82) is 0 Å². The van der Waals surface area contributed by atoms with Crippen molar-refractivity contribution in [3.05, 3.63) is 35.1 Å². The van der Waals surface area contributed by atoms with Crippen LogP contribution in [0.1, 0.15) is 5.56 Å². The zero-order valence-corrected chi connectivity index (χ0v) is 5.76. The standard InChI is InChI=1S/C7H4F3NO/c8-5-1-2-6(9)7(10)4(5)3-11-12/h1-3,12H/b11-3+. The van der Waals surface area contributed by atoms with Crippen LogP contribution in [0.25, 0.3) is 0 Å². The van der Waals surface area contributed by atoms with Crippen molar-refractivity contribution in [2.45, 2.75) is 0 Å². The first-order valence-electron chi connectivity index (χ1n) is 2.97. The molecule has 0 saturated carbocycles. The SMILES string of the molecule is O/N=C/c1c(F)ccc(F)c1F. The maximum Gasteiger partial charge on any atom is 0.170 e. The molecule has 0 amide bonds. The van der Waals surface area contributed by atoms with Gasteiger partial charge >= 0.3 is 0 Å². The first kappa shape index (κ1) is 8.58. The van der Waals surface area contributed by atoms with Crippen LogP contribution >= 0.6 is 0 Å². The minimum Gasteiger partial charge on any atom is -0.411 e. The summed E-state index contributed by atoms with van der Waals surface area (Å²) in [5.41, 5.74) is -0.697. The molecule has 0 atom stereocenters. The zero-order valence-electron chi connectivity index (χ0n) is 5.76. The molecule has 5 heteroatoms. The van der Waals surface area contributed by atoms with Crippen molar-refractivity contribution in [1.82, 2.24) is 0 Å². The molecule has 0 fully saturated rings. The average molecular weight is 175 g/mol. The first-order chi connectivity index (χ1) is 5.66. The third-order valence-electron chi connectivity index (χ3n) is 1.27. The fourth-order valence-electron chi connectivity index (χ4n) is 0.719. The monoisotopic (exact) mass is 175 g/mol. The molecule has 0 aliphatic heterocycles. The number of nitrogens with zero attached hydrogens (tertiary/aromatic N) is 1. The lowest BCUT2D eigenvalue weighted by Gasteiger charge is -1.97. The summed E-state index contributed by atoms with van der Waals surface area (Å²) in [6, 6.07) is 1.40. The van der Waals surface area contributed by atoms with Crippen LogP contribution in [0.5, 0.6) is 0 Å². The van der Waals surface area contributed by atoms with Crippen LogP contribution in [0.2, 0.25) is 0 Å². The van der Waals surface area contributed by atoms with Crippen molar-refractivity contribution in [3.8, 4) is 0 Å². The van der Waals surface area contributed by atoms with Crippen molar-refractivity contribution in [2.24, 2.45) is 5.16 Å². The molecule has 0 heterocycles. The molecule has 1 aromatic carbocycles. The van der Waals surface area contributed by atoms with E-state index in [1.165, 1.54) is 0 Å². The Hall–Kier alpha value is -1.52. The number of hydrogen-bond acceptors (Lipinski definition) is 2. The molecule has 0 saturated heterocycles. The van der Waals surface area contributed by atoms with Gasteiger partial charge in [-0.25, -0.2) is 13.2 Å². The summed E-state index contributed by atoms with van der Waals surface area (Å²) >= 11 is 0. The van der Waals surface area contributed by atoms with Crippen LogP contribution in [-0.4, -0.2) is 11.4 Å². The van der Waals surface area contributed by atoms with Gasteiger partial charge in [-0.1, -0.05) is 5.16 Å². The van der Waals surface area contributed by atoms with Crippen molar-refractivity contribution < 1.29 is 18.4 Å². The number of halogens is 3. The lowest BCUT2D eigenvalue weighted by atomic mass is 10.2. The molecule has 0 aliphatic rings. The van der Waals surface area contributed by atoms with Gasteiger partial charge in [0.2, 0.25) is 0 Å². The fourth-order valence-corrected chi connectivity index (χ4v) is 0.719. The summed E-state index contributed by atoms with van der Waals surface area (Å²) in [5.74, 6) is -3.54. The minimum atomic E-state index is -1.37. The molecule has 64 valence electrons. The van der Waals surface area contributed by atoms with E-state index in [1.807, 2.05) is 0 Å². The van der Waals surface area contributed by atoms with Gasteiger partial charge in [0.05, 0.1) is 11.8 Å². The highest BCUT2D eigenvalue weighted by Gasteiger charge is 2.11. The summed E-state index contributed by atoms with van der Waals surface area (Å²) in [4.78, 5) is 0. The molecule has 1 rings (SSSR count). The maximum atomic E-state index is 12.6. The molecular weight excluding hydrogens is 171 g/mol. The summed E-state index contributed by atoms with van der Waals surface area (Å²) in [7, 11) is 0. The first-order valence-corrected chi connectivity index (χ1v) is 2.97. The van der Waals surface area contributed by atoms with Crippen LogP contribution in [0.15, 0.2) is 17.3 Å². The zero-order chi connectivity index (χ0) is 9.14. The van der Waals surface area contributed by atoms with Gasteiger partial charge in [-0.05, 0) is 12.1 Å². The van der Waals surface area contributed by atoms with Gasteiger partial charge in [-0.15, -0.1) is 0 Å². The van der Waals surface area contributed by atoms with E-state index in [1.54, 1.807) is 0 Å². The minimum absolute atomic E-state index is 0.494. The summed E-state index contributed by atoms with van der Waals surface area (Å²) in [6.07, 6.45) is 0.494. The van der Waals surface area contributed by atoms with Gasteiger partial charge in [0.15, 0.2) is 11.6 Å². The molecule has 1 aromatic rings. The Bertz CT molecular complexity index is 325. The topological polar surface area (TPSA) is 32.6 Å². The van der Waals surface area contributed by atoms with Crippen LogP contribution < -0.4 is 0 Å².